The van der Waals surface area contributed by atoms with Crippen LogP contribution in [-0.2, 0) is 32.5 Å². The molecule has 1 amide bonds. The first-order valence-electron chi connectivity index (χ1n) is 17.7. The van der Waals surface area contributed by atoms with Gasteiger partial charge in [0.05, 0.1) is 30.7 Å². The molecule has 6 rings (SSSR count). The zero-order chi connectivity index (χ0) is 34.0. The van der Waals surface area contributed by atoms with E-state index in [1.165, 1.54) is 5.56 Å². The number of aryl methyl sites for hydroxylation is 1. The van der Waals surface area contributed by atoms with Crippen LogP contribution in [0.2, 0.25) is 5.02 Å². The summed E-state index contributed by atoms with van der Waals surface area (Å²) >= 11 is 6.37. The summed E-state index contributed by atoms with van der Waals surface area (Å²) in [4.78, 5) is 18.0. The molecule has 2 fully saturated rings. The summed E-state index contributed by atoms with van der Waals surface area (Å²) in [6, 6.07) is 11.5. The minimum Gasteiger partial charge on any atom is -0.487 e. The Hall–Kier alpha value is -2.37. The molecular formula is C37H52ClN3O6S. The number of nitrogens with zero attached hydrogens (tertiary/aromatic N) is 2. The number of rotatable bonds is 2. The van der Waals surface area contributed by atoms with Gasteiger partial charge in [0.2, 0.25) is 10.0 Å². The first kappa shape index (κ1) is 35.5. The Morgan fingerprint density at radius 1 is 0.917 bits per heavy atom. The Morgan fingerprint density at radius 2 is 1.69 bits per heavy atom. The number of ether oxygens (including phenoxy) is 3. The number of benzene rings is 2. The van der Waals surface area contributed by atoms with E-state index in [1.807, 2.05) is 37.3 Å². The van der Waals surface area contributed by atoms with Crippen molar-refractivity contribution in [1.82, 2.24) is 9.62 Å². The van der Waals surface area contributed by atoms with E-state index < -0.39 is 15.9 Å². The number of carbonyl (C=O) groups excluding carboxylic acids is 1. The van der Waals surface area contributed by atoms with E-state index in [-0.39, 0.29) is 35.8 Å². The molecule has 0 unspecified atom stereocenters. The lowest BCUT2D eigenvalue weighted by molar-refractivity contribution is -0.241. The van der Waals surface area contributed by atoms with Crippen molar-refractivity contribution in [2.45, 2.75) is 77.7 Å². The van der Waals surface area contributed by atoms with Crippen LogP contribution in [0, 0.1) is 29.6 Å². The van der Waals surface area contributed by atoms with Gasteiger partial charge in [-0.3, -0.25) is 4.79 Å². The van der Waals surface area contributed by atoms with E-state index in [0.717, 1.165) is 74.3 Å². The standard InChI is InChI=1S/C37H52ClN3O6S/c1-24-8-13-33(37-46-21-31(22-47-37)40(3)4)32-14-10-28(32)19-41-16-6-5-7-26-17-30(38)12-9-29(26)20-45-35-15-11-27(18-34(35)41)36(42)39-48(43,44)23-25(24)2/h9,11-12,15,17-18,24-25,28,31-33,37H,5-8,10,13-14,16,19-23H2,1-4H3,(H,39,42)/t24-,25+,28-,31-,32+,33+,37-/m0/s1. The fourth-order valence-electron chi connectivity index (χ4n) is 7.85. The van der Waals surface area contributed by atoms with Crippen LogP contribution in [0.1, 0.15) is 73.9 Å². The van der Waals surface area contributed by atoms with Gasteiger partial charge in [0.15, 0.2) is 6.29 Å². The minimum atomic E-state index is -3.86. The highest BCUT2D eigenvalue weighted by Gasteiger charge is 2.44. The third-order valence-electron chi connectivity index (χ3n) is 11.4. The molecule has 4 aliphatic rings. The van der Waals surface area contributed by atoms with Crippen molar-refractivity contribution in [2.75, 3.05) is 51.1 Å². The van der Waals surface area contributed by atoms with E-state index in [1.54, 1.807) is 6.07 Å². The smallest absolute Gasteiger partial charge is 0.264 e. The van der Waals surface area contributed by atoms with Crippen molar-refractivity contribution in [3.05, 3.63) is 58.1 Å². The number of anilines is 1. The molecule has 1 saturated heterocycles. The lowest BCUT2D eigenvalue weighted by Gasteiger charge is -2.48. The SMILES string of the molecule is C[C@@H]1CS(=O)(=O)NC(=O)c2ccc3c(c2)N(CCCCc2cc(Cl)ccc2CO3)C[C@@H]2CC[C@H]2[C@H]([C@H]2OC[C@H](N(C)C)CO2)CC[C@@H]1C. The molecular weight excluding hydrogens is 650 g/mol. The van der Waals surface area contributed by atoms with Gasteiger partial charge in [-0.15, -0.1) is 0 Å². The second kappa shape index (κ2) is 15.3. The summed E-state index contributed by atoms with van der Waals surface area (Å²) in [6.07, 6.45) is 6.58. The highest BCUT2D eigenvalue weighted by molar-refractivity contribution is 7.90. The molecule has 0 spiro atoms. The molecule has 3 aliphatic heterocycles. The second-order valence-corrected chi connectivity index (χ2v) is 17.1. The van der Waals surface area contributed by atoms with E-state index in [4.69, 9.17) is 25.8 Å². The van der Waals surface area contributed by atoms with Crippen LogP contribution in [0.25, 0.3) is 0 Å². The van der Waals surface area contributed by atoms with Gasteiger partial charge in [-0.2, -0.15) is 0 Å². The molecule has 11 heteroatoms. The van der Waals surface area contributed by atoms with Gasteiger partial charge in [0.1, 0.15) is 12.4 Å². The van der Waals surface area contributed by atoms with E-state index >= 15 is 0 Å². The lowest BCUT2D eigenvalue weighted by Crippen LogP contribution is -2.51. The molecule has 2 aromatic rings. The summed E-state index contributed by atoms with van der Waals surface area (Å²) in [7, 11) is 0.259. The maximum atomic E-state index is 13.4. The van der Waals surface area contributed by atoms with Crippen LogP contribution in [0.4, 0.5) is 5.69 Å². The highest BCUT2D eigenvalue weighted by Crippen LogP contribution is 2.46. The number of hydrogen-bond acceptors (Lipinski definition) is 8. The average Bonchev–Trinajstić information content (AvgIpc) is 3.07. The Kier molecular flexibility index (Phi) is 11.3. The molecule has 2 bridgehead atoms. The van der Waals surface area contributed by atoms with Gasteiger partial charge >= 0.3 is 0 Å². The van der Waals surface area contributed by atoms with Crippen LogP contribution in [0.5, 0.6) is 5.75 Å². The number of fused-ring (bicyclic) bond motifs is 3. The van der Waals surface area contributed by atoms with E-state index in [2.05, 4.69) is 35.5 Å². The molecule has 0 aromatic heterocycles. The highest BCUT2D eigenvalue weighted by atomic mass is 35.5. The molecule has 0 radical (unpaired) electrons. The first-order chi connectivity index (χ1) is 23.0. The summed E-state index contributed by atoms with van der Waals surface area (Å²) in [5.74, 6) is 1.06. The van der Waals surface area contributed by atoms with Crippen LogP contribution < -0.4 is 14.4 Å². The monoisotopic (exact) mass is 701 g/mol. The molecule has 3 heterocycles. The summed E-state index contributed by atoms with van der Waals surface area (Å²) < 4.78 is 48.3. The third-order valence-corrected chi connectivity index (χ3v) is 13.1. The number of sulfonamides is 1. The summed E-state index contributed by atoms with van der Waals surface area (Å²) in [6.45, 7) is 7.36. The number of nitrogens with one attached hydrogen (secondary N) is 1. The van der Waals surface area contributed by atoms with E-state index in [0.29, 0.717) is 43.0 Å². The van der Waals surface area contributed by atoms with Crippen molar-refractivity contribution in [2.24, 2.45) is 29.6 Å². The summed E-state index contributed by atoms with van der Waals surface area (Å²) in [5.41, 5.74) is 3.42. The molecule has 48 heavy (non-hydrogen) atoms. The zero-order valence-electron chi connectivity index (χ0n) is 28.8. The van der Waals surface area contributed by atoms with Gasteiger partial charge < -0.3 is 24.0 Å². The Labute approximate surface area is 291 Å². The largest absolute Gasteiger partial charge is 0.487 e. The van der Waals surface area contributed by atoms with Crippen LogP contribution in [0.15, 0.2) is 36.4 Å². The van der Waals surface area contributed by atoms with Gasteiger partial charge in [-0.05, 0) is 124 Å². The third kappa shape index (κ3) is 8.32. The van der Waals surface area contributed by atoms with Gasteiger partial charge in [-0.1, -0.05) is 31.5 Å². The fourth-order valence-corrected chi connectivity index (χ4v) is 9.54. The number of hydrogen-bond donors (Lipinski definition) is 1. The zero-order valence-corrected chi connectivity index (χ0v) is 30.4. The normalized spacial score (nSPS) is 31.7. The average molecular weight is 702 g/mol. The molecule has 1 saturated carbocycles. The Balaban J connectivity index is 1.34. The minimum absolute atomic E-state index is 0.110. The number of likely N-dealkylation sites (N-methyl/N-ethyl adjacent to an activating group) is 1. The van der Waals surface area contributed by atoms with Crippen LogP contribution in [0.3, 0.4) is 0 Å². The quantitative estimate of drug-likeness (QED) is 0.400. The lowest BCUT2D eigenvalue weighted by atomic mass is 9.64. The van der Waals surface area contributed by atoms with Gasteiger partial charge in [0, 0.05) is 29.6 Å². The van der Waals surface area contributed by atoms with Crippen LogP contribution in [-0.4, -0.2) is 77.7 Å². The molecule has 5 atom stereocenters. The summed E-state index contributed by atoms with van der Waals surface area (Å²) in [5, 5.41) is 0.720. The van der Waals surface area contributed by atoms with Crippen molar-refractivity contribution >= 4 is 33.2 Å². The molecule has 9 nitrogen and oxygen atoms in total. The topological polar surface area (TPSA) is 97.4 Å². The molecule has 264 valence electrons. The maximum Gasteiger partial charge on any atom is 0.264 e. The second-order valence-electron chi connectivity index (χ2n) is 14.8. The number of amides is 1. The maximum absolute atomic E-state index is 13.4. The molecule has 1 N–H and O–H groups in total. The van der Waals surface area contributed by atoms with Crippen molar-refractivity contribution in [3.8, 4) is 5.75 Å². The van der Waals surface area contributed by atoms with E-state index in [9.17, 15) is 13.2 Å². The molecule has 1 aliphatic carbocycles. The Morgan fingerprint density at radius 3 is 2.42 bits per heavy atom. The molecule has 2 aromatic carbocycles. The Bertz CT molecular complexity index is 1550. The van der Waals surface area contributed by atoms with Crippen molar-refractivity contribution in [1.29, 1.82) is 0 Å². The predicted molar refractivity (Wildman–Crippen MR) is 189 cm³/mol. The van der Waals surface area contributed by atoms with Gasteiger partial charge in [-0.25, -0.2) is 13.1 Å². The van der Waals surface area contributed by atoms with Crippen LogP contribution >= 0.6 is 11.6 Å². The predicted octanol–water partition coefficient (Wildman–Crippen LogP) is 6.13. The van der Waals surface area contributed by atoms with Gasteiger partial charge in [0.25, 0.3) is 5.91 Å². The number of halogens is 1. The fraction of sp³-hybridized carbons (Fsp3) is 0.649. The van der Waals surface area contributed by atoms with Crippen molar-refractivity contribution in [3.63, 3.8) is 0 Å². The first-order valence-corrected chi connectivity index (χ1v) is 19.7. The number of carbonyl (C=O) groups is 1. The van der Waals surface area contributed by atoms with Crippen molar-refractivity contribution < 1.29 is 27.4 Å².